The van der Waals surface area contributed by atoms with E-state index < -0.39 is 0 Å². The standard InChI is InChI=1S/C41H29N9/c42-28-10-4-1-7-19(28)39-45-31-13-22-23(14-32(31)46-39)38-25-16-34-33(47-40(48-34)20-8-2-5-11-29(20)43)15-24(25)37(22)26-17-35-36(18-27(26)38)50-41(49-35)21-9-3-6-12-30(21)44/h1-18,37-38H,42-44H2,(H,45,46)(H,47,48)(H,49,50). The maximum absolute atomic E-state index is 6.36. The van der Waals surface area contributed by atoms with Gasteiger partial charge in [-0.15, -0.1) is 0 Å². The van der Waals surface area contributed by atoms with Crippen molar-refractivity contribution in [2.45, 2.75) is 11.8 Å². The van der Waals surface area contributed by atoms with Crippen LogP contribution < -0.4 is 17.2 Å². The summed E-state index contributed by atoms with van der Waals surface area (Å²) in [6.45, 7) is 0. The predicted molar refractivity (Wildman–Crippen MR) is 200 cm³/mol. The van der Waals surface area contributed by atoms with Gasteiger partial charge in [0.15, 0.2) is 0 Å². The number of H-pyrrole nitrogens is 3. The Hall–Kier alpha value is -6.87. The van der Waals surface area contributed by atoms with Gasteiger partial charge in [-0.05, 0) is 106 Å². The van der Waals surface area contributed by atoms with Crippen molar-refractivity contribution in [3.63, 3.8) is 0 Å². The Labute approximate surface area is 285 Å². The summed E-state index contributed by atoms with van der Waals surface area (Å²) in [6, 6.07) is 37.1. The highest BCUT2D eigenvalue weighted by Crippen LogP contribution is 2.57. The number of hydrogen-bond donors (Lipinski definition) is 6. The van der Waals surface area contributed by atoms with E-state index in [1.165, 1.54) is 33.4 Å². The molecule has 6 aromatic carbocycles. The number of hydrogen-bond acceptors (Lipinski definition) is 6. The van der Waals surface area contributed by atoms with E-state index in [4.69, 9.17) is 32.2 Å². The summed E-state index contributed by atoms with van der Waals surface area (Å²) in [6.07, 6.45) is 0. The number of nitrogens with one attached hydrogen (secondary N) is 3. The van der Waals surface area contributed by atoms with Crippen LogP contribution >= 0.6 is 0 Å². The zero-order valence-corrected chi connectivity index (χ0v) is 26.6. The topological polar surface area (TPSA) is 164 Å². The van der Waals surface area contributed by atoms with Crippen LogP contribution in [0.2, 0.25) is 0 Å². The van der Waals surface area contributed by atoms with E-state index in [1.807, 2.05) is 72.8 Å². The molecule has 2 bridgehead atoms. The first-order valence-corrected chi connectivity index (χ1v) is 16.6. The van der Waals surface area contributed by atoms with Crippen LogP contribution in [0.1, 0.15) is 45.2 Å². The van der Waals surface area contributed by atoms with Crippen LogP contribution in [0.25, 0.3) is 67.3 Å². The lowest BCUT2D eigenvalue weighted by Crippen LogP contribution is -2.27. The number of nitrogens with two attached hydrogens (primary N) is 3. The largest absolute Gasteiger partial charge is 0.398 e. The zero-order chi connectivity index (χ0) is 33.2. The first-order valence-electron chi connectivity index (χ1n) is 16.6. The molecule has 0 fully saturated rings. The molecular formula is C41H29N9. The minimum absolute atomic E-state index is 0.0196. The number of rotatable bonds is 3. The molecule has 0 spiro atoms. The van der Waals surface area contributed by atoms with Crippen LogP contribution in [0.4, 0.5) is 17.1 Å². The molecular weight excluding hydrogens is 619 g/mol. The van der Waals surface area contributed by atoms with Crippen molar-refractivity contribution >= 4 is 50.2 Å². The normalized spacial score (nSPS) is 15.8. The van der Waals surface area contributed by atoms with Gasteiger partial charge in [-0.25, -0.2) is 15.0 Å². The first-order chi connectivity index (χ1) is 24.5. The number of para-hydroxylation sites is 3. The summed E-state index contributed by atoms with van der Waals surface area (Å²) >= 11 is 0. The molecule has 3 heterocycles. The second-order valence-electron chi connectivity index (χ2n) is 13.4. The number of imidazole rings is 3. The molecule has 9 heteroatoms. The second-order valence-corrected chi connectivity index (χ2v) is 13.4. The van der Waals surface area contributed by atoms with Crippen LogP contribution in [0.3, 0.4) is 0 Å². The lowest BCUT2D eigenvalue weighted by atomic mass is 9.61. The molecule has 9 aromatic rings. The molecule has 3 aliphatic carbocycles. The van der Waals surface area contributed by atoms with Gasteiger partial charge in [0.25, 0.3) is 0 Å². The fourth-order valence-corrected chi connectivity index (χ4v) is 8.30. The van der Waals surface area contributed by atoms with Gasteiger partial charge in [0.05, 0.1) is 33.1 Å². The Morgan fingerprint density at radius 2 is 0.660 bits per heavy atom. The van der Waals surface area contributed by atoms with E-state index in [9.17, 15) is 0 Å². The van der Waals surface area contributed by atoms with Crippen LogP contribution in [0, 0.1) is 0 Å². The molecule has 0 saturated carbocycles. The first kappa shape index (κ1) is 27.1. The Bertz CT molecular complexity index is 2460. The van der Waals surface area contributed by atoms with E-state index in [-0.39, 0.29) is 11.8 Å². The van der Waals surface area contributed by atoms with Gasteiger partial charge in [-0.1, -0.05) is 36.4 Å². The predicted octanol–water partition coefficient (Wildman–Crippen LogP) is 8.05. The highest BCUT2D eigenvalue weighted by atomic mass is 14.9. The number of nitrogens with zero attached hydrogens (tertiary/aromatic N) is 3. The van der Waals surface area contributed by atoms with Crippen molar-refractivity contribution in [3.8, 4) is 34.2 Å². The van der Waals surface area contributed by atoms with E-state index in [0.717, 1.165) is 67.3 Å². The molecule has 50 heavy (non-hydrogen) atoms. The summed E-state index contributed by atoms with van der Waals surface area (Å²) < 4.78 is 0. The Morgan fingerprint density at radius 1 is 0.380 bits per heavy atom. The molecule has 0 aliphatic heterocycles. The van der Waals surface area contributed by atoms with Gasteiger partial charge >= 0.3 is 0 Å². The molecule has 3 aliphatic rings. The van der Waals surface area contributed by atoms with Gasteiger partial charge in [0.1, 0.15) is 17.5 Å². The Balaban J connectivity index is 1.14. The van der Waals surface area contributed by atoms with Crippen LogP contribution in [-0.4, -0.2) is 29.9 Å². The molecule has 0 unspecified atom stereocenters. The summed E-state index contributed by atoms with van der Waals surface area (Å²) in [5.41, 5.74) is 37.0. The molecule has 3 aromatic heterocycles. The highest BCUT2D eigenvalue weighted by molar-refractivity contribution is 5.91. The quantitative estimate of drug-likeness (QED) is 0.106. The van der Waals surface area contributed by atoms with E-state index in [1.54, 1.807) is 0 Å². The van der Waals surface area contributed by atoms with Crippen molar-refractivity contribution in [1.29, 1.82) is 0 Å². The lowest BCUT2D eigenvalue weighted by Gasteiger charge is -2.42. The summed E-state index contributed by atoms with van der Waals surface area (Å²) in [7, 11) is 0. The van der Waals surface area contributed by atoms with E-state index in [2.05, 4.69) is 51.4 Å². The molecule has 12 rings (SSSR count). The van der Waals surface area contributed by atoms with Crippen LogP contribution in [-0.2, 0) is 0 Å². The summed E-state index contributed by atoms with van der Waals surface area (Å²) in [5.74, 6) is 2.23. The number of benzene rings is 6. The monoisotopic (exact) mass is 647 g/mol. The average molecular weight is 648 g/mol. The fourth-order valence-electron chi connectivity index (χ4n) is 8.30. The average Bonchev–Trinajstić information content (AvgIpc) is 3.85. The fraction of sp³-hybridized carbons (Fsp3) is 0.0488. The third-order valence-corrected chi connectivity index (χ3v) is 10.6. The van der Waals surface area contributed by atoms with Crippen molar-refractivity contribution in [1.82, 2.24) is 29.9 Å². The number of fused-ring (bicyclic) bond motifs is 3. The van der Waals surface area contributed by atoms with Crippen LogP contribution in [0.15, 0.2) is 109 Å². The minimum atomic E-state index is -0.0379. The van der Waals surface area contributed by atoms with Gasteiger partial charge in [-0.2, -0.15) is 0 Å². The maximum atomic E-state index is 6.36. The van der Waals surface area contributed by atoms with Gasteiger partial charge in [-0.3, -0.25) is 0 Å². The third-order valence-electron chi connectivity index (χ3n) is 10.6. The van der Waals surface area contributed by atoms with Crippen molar-refractivity contribution in [2.75, 3.05) is 17.2 Å². The molecule has 9 nitrogen and oxygen atoms in total. The summed E-state index contributed by atoms with van der Waals surface area (Å²) in [5, 5.41) is 0. The van der Waals surface area contributed by atoms with Gasteiger partial charge < -0.3 is 32.2 Å². The lowest BCUT2D eigenvalue weighted by molar-refractivity contribution is 0.760. The second kappa shape index (κ2) is 9.61. The molecule has 0 saturated heterocycles. The number of nitrogen functional groups attached to an aromatic ring is 3. The molecule has 9 N–H and O–H groups in total. The molecule has 0 atom stereocenters. The molecule has 0 radical (unpaired) electrons. The Kier molecular flexibility index (Phi) is 5.21. The van der Waals surface area contributed by atoms with Gasteiger partial charge in [0.2, 0.25) is 0 Å². The number of aromatic nitrogens is 6. The maximum Gasteiger partial charge on any atom is 0.140 e. The van der Waals surface area contributed by atoms with Crippen molar-refractivity contribution in [3.05, 3.63) is 143 Å². The zero-order valence-electron chi connectivity index (χ0n) is 26.6. The van der Waals surface area contributed by atoms with Crippen molar-refractivity contribution < 1.29 is 0 Å². The SMILES string of the molecule is Nc1ccccc1-c1nc2cc3c(cc2[nH]1)C1c2cc4[nH]c(-c5ccccc5N)nc4cc2C3c2cc3nc(-c4ccccc4N)[nH]c3cc21. The summed E-state index contributed by atoms with van der Waals surface area (Å²) in [4.78, 5) is 25.9. The minimum Gasteiger partial charge on any atom is -0.398 e. The third kappa shape index (κ3) is 3.68. The number of anilines is 3. The molecule has 238 valence electrons. The van der Waals surface area contributed by atoms with E-state index >= 15 is 0 Å². The van der Waals surface area contributed by atoms with E-state index in [0.29, 0.717) is 17.1 Å². The number of aromatic amines is 3. The Morgan fingerprint density at radius 3 is 0.960 bits per heavy atom. The van der Waals surface area contributed by atoms with Gasteiger partial charge in [0, 0.05) is 45.6 Å². The highest BCUT2D eigenvalue weighted by Gasteiger charge is 2.43. The smallest absolute Gasteiger partial charge is 0.140 e. The van der Waals surface area contributed by atoms with Crippen molar-refractivity contribution in [2.24, 2.45) is 0 Å². The van der Waals surface area contributed by atoms with Crippen LogP contribution in [0.5, 0.6) is 0 Å². The molecule has 0 amide bonds.